The Labute approximate surface area is 229 Å². The van der Waals surface area contributed by atoms with Gasteiger partial charge in [-0.2, -0.15) is 0 Å². The van der Waals surface area contributed by atoms with Crippen molar-refractivity contribution in [3.05, 3.63) is 82.4 Å². The van der Waals surface area contributed by atoms with Crippen LogP contribution in [-0.2, 0) is 22.6 Å². The van der Waals surface area contributed by atoms with Crippen molar-refractivity contribution >= 4 is 34.2 Å². The Kier molecular flexibility index (Phi) is 10.6. The van der Waals surface area contributed by atoms with Gasteiger partial charge in [0.1, 0.15) is 6.54 Å². The molecule has 3 amide bonds. The van der Waals surface area contributed by atoms with Crippen molar-refractivity contribution in [1.82, 2.24) is 19.7 Å². The van der Waals surface area contributed by atoms with Crippen molar-refractivity contribution in [2.75, 3.05) is 39.0 Å². The highest BCUT2D eigenvalue weighted by molar-refractivity contribution is 7.13. The van der Waals surface area contributed by atoms with E-state index in [2.05, 4.69) is 10.3 Å². The predicted octanol–water partition coefficient (Wildman–Crippen LogP) is 4.07. The zero-order valence-corrected chi connectivity index (χ0v) is 23.6. The topological polar surface area (TPSA) is 85.8 Å². The number of thiazole rings is 1. The number of aromatic nitrogens is 1. The van der Waals surface area contributed by atoms with Crippen molar-refractivity contribution < 1.29 is 14.4 Å². The summed E-state index contributed by atoms with van der Waals surface area (Å²) in [4.78, 5) is 48.8. The van der Waals surface area contributed by atoms with Crippen LogP contribution >= 0.6 is 11.3 Å². The Morgan fingerprint density at radius 1 is 0.974 bits per heavy atom. The SMILES string of the molecule is Cc1ccc(C(=O)N(CC(=O)Nc2nc(CC(=O)N(CCN(C)C)Cc3ccccc3)cs2)C(C)C)cc1. The lowest BCUT2D eigenvalue weighted by Gasteiger charge is -2.26. The normalized spacial score (nSPS) is 11.0. The van der Waals surface area contributed by atoms with E-state index in [1.807, 2.05) is 87.1 Å². The molecule has 0 aliphatic rings. The third-order valence-corrected chi connectivity index (χ3v) is 6.82. The molecule has 0 atom stereocenters. The van der Waals surface area contributed by atoms with E-state index in [1.54, 1.807) is 17.5 Å². The number of rotatable bonds is 12. The third kappa shape index (κ3) is 8.78. The number of hydrogen-bond donors (Lipinski definition) is 1. The highest BCUT2D eigenvalue weighted by Crippen LogP contribution is 2.18. The lowest BCUT2D eigenvalue weighted by atomic mass is 10.1. The van der Waals surface area contributed by atoms with Crippen molar-refractivity contribution in [3.8, 4) is 0 Å². The largest absolute Gasteiger partial charge is 0.337 e. The Morgan fingerprint density at radius 3 is 2.29 bits per heavy atom. The second kappa shape index (κ2) is 13.8. The van der Waals surface area contributed by atoms with Gasteiger partial charge in [-0.05, 0) is 52.6 Å². The minimum absolute atomic E-state index is 0.0199. The van der Waals surface area contributed by atoms with Crippen LogP contribution in [0.2, 0.25) is 0 Å². The fourth-order valence-corrected chi connectivity index (χ4v) is 4.52. The van der Waals surface area contributed by atoms with Gasteiger partial charge in [0.2, 0.25) is 11.8 Å². The minimum atomic E-state index is -0.330. The van der Waals surface area contributed by atoms with Crippen LogP contribution < -0.4 is 5.32 Å². The Balaban J connectivity index is 1.60. The molecule has 0 unspecified atom stereocenters. The highest BCUT2D eigenvalue weighted by Gasteiger charge is 2.22. The molecule has 3 rings (SSSR count). The molecule has 202 valence electrons. The summed E-state index contributed by atoms with van der Waals surface area (Å²) in [6, 6.07) is 17.1. The quantitative estimate of drug-likeness (QED) is 0.378. The van der Waals surface area contributed by atoms with Crippen LogP contribution in [-0.4, -0.2) is 77.2 Å². The van der Waals surface area contributed by atoms with E-state index in [1.165, 1.54) is 16.2 Å². The average Bonchev–Trinajstić information content (AvgIpc) is 3.31. The summed E-state index contributed by atoms with van der Waals surface area (Å²) in [6.07, 6.45) is 0.149. The number of likely N-dealkylation sites (N-methyl/N-ethyl adjacent to an activating group) is 1. The molecule has 3 aromatic rings. The molecule has 0 saturated heterocycles. The van der Waals surface area contributed by atoms with Gasteiger partial charge in [0.25, 0.3) is 5.91 Å². The van der Waals surface area contributed by atoms with Crippen LogP contribution in [0.5, 0.6) is 0 Å². The van der Waals surface area contributed by atoms with Crippen LogP contribution in [0.25, 0.3) is 0 Å². The first-order chi connectivity index (χ1) is 18.1. The van der Waals surface area contributed by atoms with Gasteiger partial charge < -0.3 is 20.0 Å². The molecule has 9 heteroatoms. The molecule has 0 saturated carbocycles. The minimum Gasteiger partial charge on any atom is -0.337 e. The maximum absolute atomic E-state index is 13.2. The van der Waals surface area contributed by atoms with Gasteiger partial charge in [-0.25, -0.2) is 4.98 Å². The summed E-state index contributed by atoms with van der Waals surface area (Å²) in [6.45, 7) is 7.52. The number of nitrogens with one attached hydrogen (secondary N) is 1. The van der Waals surface area contributed by atoms with Gasteiger partial charge in [0.15, 0.2) is 5.13 Å². The second-order valence-electron chi connectivity index (χ2n) is 9.87. The van der Waals surface area contributed by atoms with Gasteiger partial charge >= 0.3 is 0 Å². The van der Waals surface area contributed by atoms with Gasteiger partial charge in [0.05, 0.1) is 12.1 Å². The lowest BCUT2D eigenvalue weighted by Crippen LogP contribution is -2.42. The van der Waals surface area contributed by atoms with Crippen molar-refractivity contribution in [3.63, 3.8) is 0 Å². The number of nitrogens with zero attached hydrogens (tertiary/aromatic N) is 4. The third-order valence-electron chi connectivity index (χ3n) is 6.01. The van der Waals surface area contributed by atoms with Crippen LogP contribution in [0.15, 0.2) is 60.0 Å². The Hall–Kier alpha value is -3.56. The van der Waals surface area contributed by atoms with E-state index in [0.717, 1.165) is 17.7 Å². The maximum Gasteiger partial charge on any atom is 0.254 e. The number of anilines is 1. The molecule has 0 aliphatic heterocycles. The molecule has 0 aliphatic carbocycles. The monoisotopic (exact) mass is 535 g/mol. The van der Waals surface area contributed by atoms with Crippen LogP contribution in [0.3, 0.4) is 0 Å². The van der Waals surface area contributed by atoms with Crippen LogP contribution in [0, 0.1) is 6.92 Å². The second-order valence-corrected chi connectivity index (χ2v) is 10.7. The molecular formula is C29H37N5O3S. The fourth-order valence-electron chi connectivity index (χ4n) is 3.79. The molecule has 1 heterocycles. The zero-order valence-electron chi connectivity index (χ0n) is 22.8. The molecule has 0 bridgehead atoms. The summed E-state index contributed by atoms with van der Waals surface area (Å²) >= 11 is 1.27. The molecule has 38 heavy (non-hydrogen) atoms. The summed E-state index contributed by atoms with van der Waals surface area (Å²) in [5.41, 5.74) is 3.28. The Morgan fingerprint density at radius 2 is 1.66 bits per heavy atom. The molecule has 1 N–H and O–H groups in total. The summed E-state index contributed by atoms with van der Waals surface area (Å²) in [7, 11) is 3.96. The maximum atomic E-state index is 13.2. The van der Waals surface area contributed by atoms with E-state index < -0.39 is 0 Å². The molecule has 2 aromatic carbocycles. The molecule has 1 aromatic heterocycles. The Bertz CT molecular complexity index is 1210. The van der Waals surface area contributed by atoms with E-state index in [4.69, 9.17) is 0 Å². The van der Waals surface area contributed by atoms with Crippen molar-refractivity contribution in [1.29, 1.82) is 0 Å². The standard InChI is InChI=1S/C29H37N5O3S/c1-21(2)34(28(37)24-13-11-22(3)12-14-24)19-26(35)31-29-30-25(20-38-29)17-27(36)33(16-15-32(4)5)18-23-9-7-6-8-10-23/h6-14,20-21H,15-19H2,1-5H3,(H,30,31,35). The first-order valence-electron chi connectivity index (χ1n) is 12.7. The first kappa shape index (κ1) is 29.0. The highest BCUT2D eigenvalue weighted by atomic mass is 32.1. The van der Waals surface area contributed by atoms with E-state index in [9.17, 15) is 14.4 Å². The fraction of sp³-hybridized carbons (Fsp3) is 0.379. The average molecular weight is 536 g/mol. The van der Waals surface area contributed by atoms with Crippen molar-refractivity contribution in [2.45, 2.75) is 39.8 Å². The zero-order chi connectivity index (χ0) is 27.7. The van der Waals surface area contributed by atoms with E-state index in [-0.39, 0.29) is 36.7 Å². The van der Waals surface area contributed by atoms with Gasteiger partial charge in [-0.15, -0.1) is 11.3 Å². The summed E-state index contributed by atoms with van der Waals surface area (Å²) in [5.74, 6) is -0.548. The van der Waals surface area contributed by atoms with E-state index >= 15 is 0 Å². The molecular weight excluding hydrogens is 498 g/mol. The summed E-state index contributed by atoms with van der Waals surface area (Å²) < 4.78 is 0. The molecule has 0 fully saturated rings. The first-order valence-corrected chi connectivity index (χ1v) is 13.6. The predicted molar refractivity (Wildman–Crippen MR) is 152 cm³/mol. The summed E-state index contributed by atoms with van der Waals surface area (Å²) in [5, 5.41) is 4.99. The van der Waals surface area contributed by atoms with Crippen molar-refractivity contribution in [2.24, 2.45) is 0 Å². The van der Waals surface area contributed by atoms with Gasteiger partial charge in [0, 0.05) is 36.6 Å². The number of aryl methyl sites for hydroxylation is 1. The van der Waals surface area contributed by atoms with Gasteiger partial charge in [-0.3, -0.25) is 14.4 Å². The number of benzene rings is 2. The number of hydrogen-bond acceptors (Lipinski definition) is 6. The molecule has 0 radical (unpaired) electrons. The molecule has 8 nitrogen and oxygen atoms in total. The molecule has 0 spiro atoms. The number of amides is 3. The van der Waals surface area contributed by atoms with E-state index in [0.29, 0.717) is 29.5 Å². The number of carbonyl (C=O) groups excluding carboxylic acids is 3. The lowest BCUT2D eigenvalue weighted by molar-refractivity contribution is -0.131. The van der Waals surface area contributed by atoms with Crippen LogP contribution in [0.1, 0.15) is 41.0 Å². The number of carbonyl (C=O) groups is 3. The smallest absolute Gasteiger partial charge is 0.254 e. The van der Waals surface area contributed by atoms with Crippen LogP contribution in [0.4, 0.5) is 5.13 Å². The van der Waals surface area contributed by atoms with Gasteiger partial charge in [-0.1, -0.05) is 48.0 Å².